The van der Waals surface area contributed by atoms with Crippen LogP contribution in [0, 0.1) is 11.6 Å². The molecule has 7 nitrogen and oxygen atoms in total. The van der Waals surface area contributed by atoms with Gasteiger partial charge in [-0.15, -0.1) is 13.2 Å². The maximum atomic E-state index is 14.6. The predicted octanol–water partition coefficient (Wildman–Crippen LogP) is 4.67. The second-order valence-corrected chi connectivity index (χ2v) is 8.89. The van der Waals surface area contributed by atoms with Gasteiger partial charge in [-0.05, 0) is 30.3 Å². The minimum atomic E-state index is -4.69. The molecule has 1 atom stereocenters. The molecule has 200 valence electrons. The number of likely N-dealkylation sites (N-methyl/N-ethyl adjacent to an activating group) is 1. The zero-order valence-corrected chi connectivity index (χ0v) is 20.2. The van der Waals surface area contributed by atoms with Gasteiger partial charge in [-0.25, -0.2) is 18.4 Å². The molecule has 2 aromatic carbocycles. The van der Waals surface area contributed by atoms with Gasteiger partial charge in [0.25, 0.3) is 0 Å². The zero-order valence-electron chi connectivity index (χ0n) is 20.2. The molecule has 0 aliphatic heterocycles. The van der Waals surface area contributed by atoms with Crippen LogP contribution in [-0.2, 0) is 30.0 Å². The Bertz CT molecular complexity index is 1330. The summed E-state index contributed by atoms with van der Waals surface area (Å²) in [5, 5.41) is 15.5. The Kier molecular flexibility index (Phi) is 8.14. The van der Waals surface area contributed by atoms with Crippen LogP contribution in [0.1, 0.15) is 16.8 Å². The number of hydrogen-bond donors (Lipinski definition) is 1. The van der Waals surface area contributed by atoms with Crippen LogP contribution < -0.4 is 0 Å². The van der Waals surface area contributed by atoms with Crippen LogP contribution in [0.4, 0.5) is 22.0 Å². The smallest absolute Gasteiger partial charge is 0.382 e. The number of aromatic nitrogens is 4. The third kappa shape index (κ3) is 7.18. The monoisotopic (exact) mass is 533 g/mol. The van der Waals surface area contributed by atoms with E-state index in [1.54, 1.807) is 48.5 Å². The predicted molar refractivity (Wildman–Crippen MR) is 127 cm³/mol. The maximum absolute atomic E-state index is 14.6. The molecule has 0 bridgehead atoms. The fourth-order valence-electron chi connectivity index (χ4n) is 4.10. The summed E-state index contributed by atoms with van der Waals surface area (Å²) in [4.78, 5) is 10.0. The number of aliphatic hydroxyl groups is 1. The lowest BCUT2D eigenvalue weighted by Gasteiger charge is -2.33. The van der Waals surface area contributed by atoms with Crippen LogP contribution in [0.3, 0.4) is 0 Å². The first-order valence-electron chi connectivity index (χ1n) is 11.4. The average Bonchev–Trinajstić information content (AvgIpc) is 3.35. The second-order valence-electron chi connectivity index (χ2n) is 8.89. The SMILES string of the molecule is CN(Cc1ccc(-c2ccc(COC(F)(F)F)cc2)cn1)CC(O)(Cn1cncn1)c1ccc(F)cc1F. The molecule has 0 radical (unpaired) electrons. The van der Waals surface area contributed by atoms with Gasteiger partial charge in [-0.3, -0.25) is 14.6 Å². The molecular weight excluding hydrogens is 509 g/mol. The molecule has 0 spiro atoms. The van der Waals surface area contributed by atoms with E-state index in [9.17, 15) is 27.1 Å². The van der Waals surface area contributed by atoms with Gasteiger partial charge in [0.2, 0.25) is 0 Å². The fraction of sp³-hybridized carbons (Fsp3) is 0.269. The number of pyridine rings is 1. The summed E-state index contributed by atoms with van der Waals surface area (Å²) in [6.07, 6.45) is -0.375. The molecular formula is C26H24F5N5O2. The Hall–Kier alpha value is -3.74. The van der Waals surface area contributed by atoms with Gasteiger partial charge in [0.15, 0.2) is 0 Å². The first kappa shape index (κ1) is 27.3. The molecule has 38 heavy (non-hydrogen) atoms. The minimum absolute atomic E-state index is 0.0275. The summed E-state index contributed by atoms with van der Waals surface area (Å²) in [5.41, 5.74) is 0.742. The molecule has 2 aromatic heterocycles. The molecule has 2 heterocycles. The number of alkyl halides is 3. The van der Waals surface area contributed by atoms with Crippen LogP contribution in [0.2, 0.25) is 0 Å². The topological polar surface area (TPSA) is 76.3 Å². The van der Waals surface area contributed by atoms with Crippen molar-refractivity contribution in [1.82, 2.24) is 24.6 Å². The average molecular weight is 534 g/mol. The van der Waals surface area contributed by atoms with E-state index in [0.717, 1.165) is 23.3 Å². The van der Waals surface area contributed by atoms with Gasteiger partial charge in [0.05, 0.1) is 18.8 Å². The van der Waals surface area contributed by atoms with Gasteiger partial charge >= 0.3 is 6.36 Å². The second kappa shape index (κ2) is 11.3. The summed E-state index contributed by atoms with van der Waals surface area (Å²) in [6, 6.07) is 13.1. The van der Waals surface area contributed by atoms with Gasteiger partial charge < -0.3 is 5.11 Å². The van der Waals surface area contributed by atoms with E-state index in [4.69, 9.17) is 0 Å². The van der Waals surface area contributed by atoms with E-state index in [1.807, 2.05) is 6.07 Å². The maximum Gasteiger partial charge on any atom is 0.522 e. The molecule has 1 N–H and O–H groups in total. The van der Waals surface area contributed by atoms with Crippen LogP contribution >= 0.6 is 0 Å². The Balaban J connectivity index is 1.44. The van der Waals surface area contributed by atoms with E-state index in [2.05, 4.69) is 19.8 Å². The van der Waals surface area contributed by atoms with Crippen LogP contribution in [0.25, 0.3) is 11.1 Å². The zero-order chi connectivity index (χ0) is 27.3. The minimum Gasteiger partial charge on any atom is -0.382 e. The Morgan fingerprint density at radius 3 is 2.34 bits per heavy atom. The summed E-state index contributed by atoms with van der Waals surface area (Å²) < 4.78 is 70.0. The lowest BCUT2D eigenvalue weighted by atomic mass is 9.92. The van der Waals surface area contributed by atoms with Crippen molar-refractivity contribution in [2.75, 3.05) is 13.6 Å². The van der Waals surface area contributed by atoms with E-state index >= 15 is 0 Å². The third-order valence-corrected chi connectivity index (χ3v) is 5.80. The Labute approximate surface area is 215 Å². The van der Waals surface area contributed by atoms with Crippen molar-refractivity contribution in [2.45, 2.75) is 31.7 Å². The molecule has 0 amide bonds. The van der Waals surface area contributed by atoms with Gasteiger partial charge in [-0.2, -0.15) is 5.10 Å². The summed E-state index contributed by atoms with van der Waals surface area (Å²) in [7, 11) is 1.73. The molecule has 4 aromatic rings. The number of ether oxygens (including phenoxy) is 1. The highest BCUT2D eigenvalue weighted by Gasteiger charge is 2.35. The van der Waals surface area contributed by atoms with Crippen LogP contribution in [-0.4, -0.2) is 49.7 Å². The first-order chi connectivity index (χ1) is 18.0. The summed E-state index contributed by atoms with van der Waals surface area (Å²) >= 11 is 0. The summed E-state index contributed by atoms with van der Waals surface area (Å²) in [6.45, 7) is -0.411. The number of halogens is 5. The van der Waals surface area contributed by atoms with E-state index in [1.165, 1.54) is 23.4 Å². The standard InChI is InChI=1S/C26H24F5N5O2/c1-35(14-25(37,15-36-17-32-16-34-36)23-9-7-21(27)10-24(23)28)12-22-8-6-20(11-33-22)19-4-2-18(3-5-19)13-38-26(29,30)31/h2-11,16-17,37H,12-15H2,1H3. The number of hydrogen-bond acceptors (Lipinski definition) is 6. The molecule has 1 unspecified atom stereocenters. The van der Waals surface area contributed by atoms with Crippen molar-refractivity contribution in [2.24, 2.45) is 0 Å². The molecule has 12 heteroatoms. The van der Waals surface area contributed by atoms with Gasteiger partial charge in [-0.1, -0.05) is 36.4 Å². The van der Waals surface area contributed by atoms with Gasteiger partial charge in [0, 0.05) is 36.5 Å². The van der Waals surface area contributed by atoms with Gasteiger partial charge in [0.1, 0.15) is 29.9 Å². The normalized spacial score (nSPS) is 13.6. The van der Waals surface area contributed by atoms with E-state index in [-0.39, 0.29) is 18.7 Å². The largest absolute Gasteiger partial charge is 0.522 e. The Morgan fingerprint density at radius 2 is 1.74 bits per heavy atom. The molecule has 0 saturated carbocycles. The number of nitrogens with zero attached hydrogens (tertiary/aromatic N) is 5. The molecule has 0 aliphatic carbocycles. The lowest BCUT2D eigenvalue weighted by molar-refractivity contribution is -0.330. The van der Waals surface area contributed by atoms with Crippen molar-refractivity contribution >= 4 is 0 Å². The third-order valence-electron chi connectivity index (χ3n) is 5.80. The van der Waals surface area contributed by atoms with Crippen LogP contribution in [0.15, 0.2) is 73.4 Å². The van der Waals surface area contributed by atoms with Crippen molar-refractivity contribution in [3.05, 3.63) is 102 Å². The molecule has 0 fully saturated rings. The van der Waals surface area contributed by atoms with E-state index < -0.39 is 30.2 Å². The van der Waals surface area contributed by atoms with Crippen molar-refractivity contribution < 1.29 is 31.8 Å². The lowest BCUT2D eigenvalue weighted by Crippen LogP contribution is -2.43. The number of benzene rings is 2. The van der Waals surface area contributed by atoms with Crippen molar-refractivity contribution in [3.63, 3.8) is 0 Å². The van der Waals surface area contributed by atoms with Crippen molar-refractivity contribution in [3.8, 4) is 11.1 Å². The molecule has 0 aliphatic rings. The first-order valence-corrected chi connectivity index (χ1v) is 11.4. The molecule has 0 saturated heterocycles. The van der Waals surface area contributed by atoms with E-state index in [0.29, 0.717) is 17.8 Å². The summed E-state index contributed by atoms with van der Waals surface area (Å²) in [5.74, 6) is -1.63. The highest BCUT2D eigenvalue weighted by Crippen LogP contribution is 2.28. The quantitative estimate of drug-likeness (QED) is 0.299. The highest BCUT2D eigenvalue weighted by atomic mass is 19.4. The van der Waals surface area contributed by atoms with Crippen molar-refractivity contribution in [1.29, 1.82) is 0 Å². The Morgan fingerprint density at radius 1 is 1.00 bits per heavy atom. The number of rotatable bonds is 10. The fourth-order valence-corrected chi connectivity index (χ4v) is 4.10. The molecule has 4 rings (SSSR count). The van der Waals surface area contributed by atoms with Crippen LogP contribution in [0.5, 0.6) is 0 Å². The highest BCUT2D eigenvalue weighted by molar-refractivity contribution is 5.62.